The van der Waals surface area contributed by atoms with Gasteiger partial charge in [0, 0.05) is 24.7 Å². The molecule has 25 heavy (non-hydrogen) atoms. The van der Waals surface area contributed by atoms with Gasteiger partial charge in [0.05, 0.1) is 12.3 Å². The summed E-state index contributed by atoms with van der Waals surface area (Å²) in [4.78, 5) is 14.2. The normalized spacial score (nSPS) is 17.5. The van der Waals surface area contributed by atoms with Crippen LogP contribution in [0.5, 0.6) is 5.75 Å². The molecular weight excluding hydrogens is 318 g/mol. The molecule has 0 saturated carbocycles. The molecule has 0 aliphatic carbocycles. The standard InChI is InChI=1S/C19H25N3O3/c1-15-12-18(21-20-15)16-6-5-9-22(13-16)19(23)14-24-10-11-25-17-7-3-2-4-8-17/h2-4,7-8,12,16H,5-6,9-11,13-14H2,1H3,(H,20,21)/t16-/m1/s1. The molecule has 134 valence electrons. The number of para-hydroxylation sites is 1. The Labute approximate surface area is 148 Å². The van der Waals surface area contributed by atoms with Crippen LogP contribution in [-0.4, -0.2) is 53.9 Å². The fourth-order valence-corrected chi connectivity index (χ4v) is 3.08. The van der Waals surface area contributed by atoms with E-state index in [1.807, 2.05) is 42.2 Å². The molecule has 2 heterocycles. The van der Waals surface area contributed by atoms with Crippen molar-refractivity contribution in [3.05, 3.63) is 47.8 Å². The Hall–Kier alpha value is -2.34. The van der Waals surface area contributed by atoms with Gasteiger partial charge in [-0.3, -0.25) is 9.89 Å². The van der Waals surface area contributed by atoms with Crippen LogP contribution in [0.25, 0.3) is 0 Å². The molecule has 6 heteroatoms. The SMILES string of the molecule is Cc1cc([C@@H]2CCCN(C(=O)COCCOc3ccccc3)C2)n[nH]1. The van der Waals surface area contributed by atoms with E-state index < -0.39 is 0 Å². The van der Waals surface area contributed by atoms with E-state index in [0.717, 1.165) is 36.5 Å². The predicted molar refractivity (Wildman–Crippen MR) is 94.6 cm³/mol. The summed E-state index contributed by atoms with van der Waals surface area (Å²) in [7, 11) is 0. The van der Waals surface area contributed by atoms with Crippen LogP contribution in [0.15, 0.2) is 36.4 Å². The third-order valence-electron chi connectivity index (χ3n) is 4.38. The second-order valence-corrected chi connectivity index (χ2v) is 6.37. The zero-order valence-electron chi connectivity index (χ0n) is 14.6. The largest absolute Gasteiger partial charge is 0.491 e. The summed E-state index contributed by atoms with van der Waals surface area (Å²) < 4.78 is 11.0. The minimum absolute atomic E-state index is 0.0386. The molecule has 0 spiro atoms. The van der Waals surface area contributed by atoms with Crippen molar-refractivity contribution in [1.82, 2.24) is 15.1 Å². The summed E-state index contributed by atoms with van der Waals surface area (Å²) in [6, 6.07) is 11.7. The zero-order chi connectivity index (χ0) is 17.5. The number of nitrogens with one attached hydrogen (secondary N) is 1. The van der Waals surface area contributed by atoms with Crippen molar-refractivity contribution in [2.75, 3.05) is 32.9 Å². The number of carbonyl (C=O) groups is 1. The molecule has 1 aliphatic rings. The van der Waals surface area contributed by atoms with E-state index in [2.05, 4.69) is 16.3 Å². The van der Waals surface area contributed by atoms with Crippen LogP contribution < -0.4 is 4.74 Å². The lowest BCUT2D eigenvalue weighted by Crippen LogP contribution is -2.41. The molecular formula is C19H25N3O3. The summed E-state index contributed by atoms with van der Waals surface area (Å²) in [5.74, 6) is 1.16. The molecule has 1 aliphatic heterocycles. The molecule has 1 fully saturated rings. The number of benzene rings is 1. The van der Waals surface area contributed by atoms with Crippen molar-refractivity contribution in [2.24, 2.45) is 0 Å². The molecule has 1 N–H and O–H groups in total. The zero-order valence-corrected chi connectivity index (χ0v) is 14.6. The number of amides is 1. The molecule has 2 aromatic rings. The second-order valence-electron chi connectivity index (χ2n) is 6.37. The number of hydrogen-bond donors (Lipinski definition) is 1. The molecule has 1 saturated heterocycles. The molecule has 0 bridgehead atoms. The lowest BCUT2D eigenvalue weighted by molar-refractivity contribution is -0.137. The smallest absolute Gasteiger partial charge is 0.248 e. The number of ether oxygens (including phenoxy) is 2. The number of aromatic amines is 1. The van der Waals surface area contributed by atoms with Gasteiger partial charge in [-0.25, -0.2) is 0 Å². The molecule has 0 radical (unpaired) electrons. The number of nitrogens with zero attached hydrogens (tertiary/aromatic N) is 2. The number of aryl methyl sites for hydroxylation is 1. The molecule has 0 unspecified atom stereocenters. The molecule has 3 rings (SSSR count). The van der Waals surface area contributed by atoms with Crippen molar-refractivity contribution in [2.45, 2.75) is 25.7 Å². The maximum Gasteiger partial charge on any atom is 0.248 e. The minimum atomic E-state index is 0.0386. The summed E-state index contributed by atoms with van der Waals surface area (Å²) in [6.45, 7) is 4.44. The van der Waals surface area contributed by atoms with Gasteiger partial charge in [-0.15, -0.1) is 0 Å². The maximum atomic E-state index is 12.3. The Morgan fingerprint density at radius 1 is 1.32 bits per heavy atom. The first kappa shape index (κ1) is 17.5. The highest BCUT2D eigenvalue weighted by Crippen LogP contribution is 2.25. The van der Waals surface area contributed by atoms with Crippen LogP contribution in [0.3, 0.4) is 0 Å². The van der Waals surface area contributed by atoms with Crippen molar-refractivity contribution >= 4 is 5.91 Å². The lowest BCUT2D eigenvalue weighted by atomic mass is 9.94. The first-order valence-electron chi connectivity index (χ1n) is 8.77. The van der Waals surface area contributed by atoms with E-state index in [1.165, 1.54) is 0 Å². The first-order valence-corrected chi connectivity index (χ1v) is 8.77. The van der Waals surface area contributed by atoms with Crippen LogP contribution in [0.1, 0.15) is 30.1 Å². The third-order valence-corrected chi connectivity index (χ3v) is 4.38. The van der Waals surface area contributed by atoms with Crippen molar-refractivity contribution in [3.63, 3.8) is 0 Å². The van der Waals surface area contributed by atoms with Crippen LogP contribution in [0.2, 0.25) is 0 Å². The highest BCUT2D eigenvalue weighted by Gasteiger charge is 2.26. The van der Waals surface area contributed by atoms with Gasteiger partial charge in [0.2, 0.25) is 5.91 Å². The lowest BCUT2D eigenvalue weighted by Gasteiger charge is -2.32. The Balaban J connectivity index is 1.37. The Morgan fingerprint density at radius 2 is 2.16 bits per heavy atom. The van der Waals surface area contributed by atoms with Gasteiger partial charge >= 0.3 is 0 Å². The van der Waals surface area contributed by atoms with E-state index in [1.54, 1.807) is 0 Å². The van der Waals surface area contributed by atoms with E-state index in [9.17, 15) is 4.79 Å². The minimum Gasteiger partial charge on any atom is -0.491 e. The first-order chi connectivity index (χ1) is 12.2. The topological polar surface area (TPSA) is 67.5 Å². The van der Waals surface area contributed by atoms with Crippen LogP contribution in [-0.2, 0) is 9.53 Å². The van der Waals surface area contributed by atoms with E-state index in [0.29, 0.717) is 25.7 Å². The quantitative estimate of drug-likeness (QED) is 0.785. The highest BCUT2D eigenvalue weighted by molar-refractivity contribution is 5.77. The fourth-order valence-electron chi connectivity index (χ4n) is 3.08. The van der Waals surface area contributed by atoms with Gasteiger partial charge in [-0.1, -0.05) is 18.2 Å². The van der Waals surface area contributed by atoms with E-state index in [4.69, 9.17) is 9.47 Å². The number of carbonyl (C=O) groups excluding carboxylic acids is 1. The molecule has 1 atom stereocenters. The van der Waals surface area contributed by atoms with Gasteiger partial charge in [-0.2, -0.15) is 5.10 Å². The molecule has 6 nitrogen and oxygen atoms in total. The Morgan fingerprint density at radius 3 is 2.92 bits per heavy atom. The van der Waals surface area contributed by atoms with Crippen LogP contribution in [0.4, 0.5) is 0 Å². The van der Waals surface area contributed by atoms with Crippen molar-refractivity contribution in [1.29, 1.82) is 0 Å². The van der Waals surface area contributed by atoms with Gasteiger partial charge in [0.25, 0.3) is 0 Å². The summed E-state index contributed by atoms with van der Waals surface area (Å²) >= 11 is 0. The van der Waals surface area contributed by atoms with Gasteiger partial charge in [0.15, 0.2) is 0 Å². The van der Waals surface area contributed by atoms with Gasteiger partial charge in [0.1, 0.15) is 19.0 Å². The average Bonchev–Trinajstić information content (AvgIpc) is 3.09. The van der Waals surface area contributed by atoms with Crippen molar-refractivity contribution < 1.29 is 14.3 Å². The summed E-state index contributed by atoms with van der Waals surface area (Å²) in [5.41, 5.74) is 2.10. The molecule has 1 aromatic carbocycles. The van der Waals surface area contributed by atoms with Gasteiger partial charge in [-0.05, 0) is 38.0 Å². The second kappa shape index (κ2) is 8.67. The van der Waals surface area contributed by atoms with Crippen LogP contribution in [0, 0.1) is 6.92 Å². The Bertz CT molecular complexity index is 672. The molecule has 1 aromatic heterocycles. The number of aromatic nitrogens is 2. The van der Waals surface area contributed by atoms with Crippen molar-refractivity contribution in [3.8, 4) is 5.75 Å². The number of rotatable bonds is 7. The predicted octanol–water partition coefficient (Wildman–Crippen LogP) is 2.52. The number of H-pyrrole nitrogens is 1. The monoisotopic (exact) mass is 343 g/mol. The third kappa shape index (κ3) is 5.06. The fraction of sp³-hybridized carbons (Fsp3) is 0.474. The van der Waals surface area contributed by atoms with Crippen LogP contribution >= 0.6 is 0 Å². The van der Waals surface area contributed by atoms with E-state index >= 15 is 0 Å². The number of piperidine rings is 1. The highest BCUT2D eigenvalue weighted by atomic mass is 16.5. The Kier molecular flexibility index (Phi) is 6.06. The molecule has 1 amide bonds. The summed E-state index contributed by atoms with van der Waals surface area (Å²) in [5, 5.41) is 7.32. The average molecular weight is 343 g/mol. The number of likely N-dealkylation sites (tertiary alicyclic amines) is 1. The summed E-state index contributed by atoms with van der Waals surface area (Å²) in [6.07, 6.45) is 2.07. The van der Waals surface area contributed by atoms with Gasteiger partial charge < -0.3 is 14.4 Å². The van der Waals surface area contributed by atoms with E-state index in [-0.39, 0.29) is 12.5 Å². The number of hydrogen-bond acceptors (Lipinski definition) is 4. The maximum absolute atomic E-state index is 12.3.